The topological polar surface area (TPSA) is 117 Å². The predicted molar refractivity (Wildman–Crippen MR) is 127 cm³/mol. The second kappa shape index (κ2) is 9.80. The summed E-state index contributed by atoms with van der Waals surface area (Å²) in [7, 11) is 1.54. The molecule has 1 aliphatic heterocycles. The van der Waals surface area contributed by atoms with Crippen LogP contribution in [-0.2, 0) is 16.1 Å². The number of aryl methyl sites for hydroxylation is 1. The summed E-state index contributed by atoms with van der Waals surface area (Å²) in [6, 6.07) is 18.1. The molecule has 34 heavy (non-hydrogen) atoms. The number of nitriles is 1. The number of aromatic nitrogens is 2. The lowest BCUT2D eigenvalue weighted by atomic mass is 10.1. The van der Waals surface area contributed by atoms with Crippen LogP contribution in [0.25, 0.3) is 11.3 Å². The molecule has 1 aliphatic rings. The highest BCUT2D eigenvalue weighted by molar-refractivity contribution is 8.00. The summed E-state index contributed by atoms with van der Waals surface area (Å²) in [4.78, 5) is 42.7. The fourth-order valence-corrected chi connectivity index (χ4v) is 4.74. The van der Waals surface area contributed by atoms with Crippen LogP contribution in [0, 0.1) is 18.3 Å². The van der Waals surface area contributed by atoms with Crippen molar-refractivity contribution in [2.45, 2.75) is 18.8 Å². The molecule has 1 unspecified atom stereocenters. The van der Waals surface area contributed by atoms with E-state index >= 15 is 0 Å². The van der Waals surface area contributed by atoms with Crippen molar-refractivity contribution in [2.75, 3.05) is 12.9 Å². The smallest absolute Gasteiger partial charge is 0.272 e. The number of carbonyl (C=O) groups is 2. The molecule has 1 aromatic heterocycles. The number of hydrazine groups is 1. The van der Waals surface area contributed by atoms with Crippen molar-refractivity contribution in [3.63, 3.8) is 0 Å². The number of hydrogen-bond acceptors (Lipinski definition) is 7. The van der Waals surface area contributed by atoms with E-state index in [0.29, 0.717) is 11.3 Å². The van der Waals surface area contributed by atoms with Crippen molar-refractivity contribution in [1.82, 2.24) is 20.0 Å². The molecule has 4 rings (SSSR count). The molecule has 2 aromatic carbocycles. The van der Waals surface area contributed by atoms with Gasteiger partial charge in [0.25, 0.3) is 17.4 Å². The maximum absolute atomic E-state index is 13.1. The van der Waals surface area contributed by atoms with Crippen LogP contribution in [-0.4, -0.2) is 39.2 Å². The van der Waals surface area contributed by atoms with Crippen LogP contribution in [0.4, 0.5) is 0 Å². The van der Waals surface area contributed by atoms with Gasteiger partial charge < -0.3 is 4.74 Å². The zero-order valence-corrected chi connectivity index (χ0v) is 19.3. The van der Waals surface area contributed by atoms with Crippen LogP contribution in [0.2, 0.25) is 0 Å². The van der Waals surface area contributed by atoms with Crippen molar-refractivity contribution in [3.05, 3.63) is 81.9 Å². The summed E-state index contributed by atoms with van der Waals surface area (Å²) in [5, 5.41) is 10.6. The van der Waals surface area contributed by atoms with Gasteiger partial charge in [-0.3, -0.25) is 24.4 Å². The van der Waals surface area contributed by atoms with Gasteiger partial charge in [-0.1, -0.05) is 30.3 Å². The molecule has 172 valence electrons. The van der Waals surface area contributed by atoms with Crippen LogP contribution >= 0.6 is 11.8 Å². The van der Waals surface area contributed by atoms with Crippen molar-refractivity contribution in [1.29, 1.82) is 5.26 Å². The van der Waals surface area contributed by atoms with E-state index in [4.69, 9.17) is 4.74 Å². The number of rotatable bonds is 6. The third kappa shape index (κ3) is 4.51. The van der Waals surface area contributed by atoms with Gasteiger partial charge in [-0.05, 0) is 36.8 Å². The lowest BCUT2D eigenvalue weighted by Gasteiger charge is -2.25. The van der Waals surface area contributed by atoms with Crippen LogP contribution in [0.3, 0.4) is 0 Å². The van der Waals surface area contributed by atoms with Crippen LogP contribution in [0.15, 0.2) is 59.4 Å². The van der Waals surface area contributed by atoms with E-state index in [9.17, 15) is 19.6 Å². The first-order chi connectivity index (χ1) is 16.4. The van der Waals surface area contributed by atoms with E-state index in [1.165, 1.54) is 16.8 Å². The van der Waals surface area contributed by atoms with E-state index in [0.717, 1.165) is 10.1 Å². The minimum atomic E-state index is -0.627. The third-order valence-corrected chi connectivity index (χ3v) is 6.55. The first-order valence-corrected chi connectivity index (χ1v) is 11.4. The molecule has 1 N–H and O–H groups in total. The quantitative estimate of drug-likeness (QED) is 0.582. The molecule has 0 bridgehead atoms. The van der Waals surface area contributed by atoms with E-state index in [1.807, 2.05) is 36.4 Å². The minimum Gasteiger partial charge on any atom is -0.497 e. The van der Waals surface area contributed by atoms with Crippen molar-refractivity contribution < 1.29 is 14.3 Å². The largest absolute Gasteiger partial charge is 0.497 e. The SMILES string of the molecule is COc1ccc(-c2nc(C)n(CC(=O)NN3C(=O)CSC3c3ccccc3)c(=O)c2C#N)cc1. The summed E-state index contributed by atoms with van der Waals surface area (Å²) in [5.74, 6) is 0.334. The number of nitrogens with zero attached hydrogens (tertiary/aromatic N) is 4. The molecule has 9 nitrogen and oxygen atoms in total. The molecule has 0 saturated carbocycles. The van der Waals surface area contributed by atoms with Crippen molar-refractivity contribution >= 4 is 23.6 Å². The van der Waals surface area contributed by atoms with E-state index in [2.05, 4.69) is 10.4 Å². The molecule has 2 heterocycles. The fraction of sp³-hybridized carbons (Fsp3) is 0.208. The highest BCUT2D eigenvalue weighted by Crippen LogP contribution is 2.37. The zero-order valence-electron chi connectivity index (χ0n) is 18.5. The molecule has 10 heteroatoms. The number of hydrogen-bond donors (Lipinski definition) is 1. The lowest BCUT2D eigenvalue weighted by molar-refractivity contribution is -0.139. The molecule has 0 spiro atoms. The number of amides is 2. The standard InChI is InChI=1S/C24H21N5O4S/c1-15-26-22(16-8-10-18(33-2)11-9-16)19(12-25)23(32)28(15)13-20(30)27-29-21(31)14-34-24(29)17-6-4-3-5-7-17/h3-11,24H,13-14H2,1-2H3,(H,27,30). The zero-order chi connectivity index (χ0) is 24.2. The summed E-state index contributed by atoms with van der Waals surface area (Å²) in [6.07, 6.45) is 0. The Morgan fingerprint density at radius 3 is 2.56 bits per heavy atom. The second-order valence-electron chi connectivity index (χ2n) is 7.49. The predicted octanol–water partition coefficient (Wildman–Crippen LogP) is 2.40. The Labute approximate surface area is 200 Å². The Kier molecular flexibility index (Phi) is 6.65. The Bertz CT molecular complexity index is 1330. The first-order valence-electron chi connectivity index (χ1n) is 10.4. The van der Waals surface area contributed by atoms with Gasteiger partial charge in [-0.2, -0.15) is 5.26 Å². The fourth-order valence-electron chi connectivity index (χ4n) is 3.63. The number of benzene rings is 2. The van der Waals surface area contributed by atoms with Gasteiger partial charge in [0.2, 0.25) is 0 Å². The first kappa shape index (κ1) is 23.1. The summed E-state index contributed by atoms with van der Waals surface area (Å²) in [6.45, 7) is 1.21. The summed E-state index contributed by atoms with van der Waals surface area (Å²) >= 11 is 1.40. The third-order valence-electron chi connectivity index (χ3n) is 5.33. The molecular weight excluding hydrogens is 454 g/mol. The lowest BCUT2D eigenvalue weighted by Crippen LogP contribution is -2.47. The Balaban J connectivity index is 1.59. The number of carbonyl (C=O) groups excluding carboxylic acids is 2. The molecule has 0 radical (unpaired) electrons. The summed E-state index contributed by atoms with van der Waals surface area (Å²) < 4.78 is 6.28. The molecule has 1 saturated heterocycles. The van der Waals surface area contributed by atoms with Crippen LogP contribution < -0.4 is 15.7 Å². The highest BCUT2D eigenvalue weighted by atomic mass is 32.2. The monoisotopic (exact) mass is 475 g/mol. The maximum atomic E-state index is 13.1. The van der Waals surface area contributed by atoms with Crippen molar-refractivity contribution in [3.8, 4) is 23.1 Å². The van der Waals surface area contributed by atoms with Crippen LogP contribution in [0.1, 0.15) is 22.3 Å². The highest BCUT2D eigenvalue weighted by Gasteiger charge is 2.34. The van der Waals surface area contributed by atoms with E-state index in [1.54, 1.807) is 38.3 Å². The van der Waals surface area contributed by atoms with Gasteiger partial charge in [0.15, 0.2) is 0 Å². The summed E-state index contributed by atoms with van der Waals surface area (Å²) in [5.41, 5.74) is 3.52. The molecular formula is C24H21N5O4S. The average molecular weight is 476 g/mol. The van der Waals surface area contributed by atoms with Gasteiger partial charge in [0.05, 0.1) is 18.6 Å². The number of ether oxygens (including phenoxy) is 1. The number of nitrogens with one attached hydrogen (secondary N) is 1. The molecule has 0 aliphatic carbocycles. The molecule has 2 amide bonds. The van der Waals surface area contributed by atoms with E-state index < -0.39 is 11.5 Å². The van der Waals surface area contributed by atoms with Crippen molar-refractivity contribution in [2.24, 2.45) is 0 Å². The average Bonchev–Trinajstić information content (AvgIpc) is 3.21. The number of thioether (sulfide) groups is 1. The Hall–Kier alpha value is -4.10. The molecule has 3 aromatic rings. The van der Waals surface area contributed by atoms with Crippen LogP contribution in [0.5, 0.6) is 5.75 Å². The Morgan fingerprint density at radius 1 is 1.21 bits per heavy atom. The molecule has 1 fully saturated rings. The van der Waals surface area contributed by atoms with Gasteiger partial charge in [-0.25, -0.2) is 9.99 Å². The molecule has 1 atom stereocenters. The number of methoxy groups -OCH3 is 1. The second-order valence-corrected chi connectivity index (χ2v) is 8.56. The minimum absolute atomic E-state index is 0.168. The maximum Gasteiger partial charge on any atom is 0.272 e. The van der Waals surface area contributed by atoms with Gasteiger partial charge in [0, 0.05) is 5.56 Å². The van der Waals surface area contributed by atoms with Gasteiger partial charge >= 0.3 is 0 Å². The normalized spacial score (nSPS) is 15.1. The van der Waals surface area contributed by atoms with Gasteiger partial charge in [0.1, 0.15) is 35.1 Å². The van der Waals surface area contributed by atoms with Gasteiger partial charge in [-0.15, -0.1) is 11.8 Å². The van der Waals surface area contributed by atoms with E-state index in [-0.39, 0.29) is 40.7 Å². The Morgan fingerprint density at radius 2 is 1.91 bits per heavy atom.